The number of rotatable bonds is 9. The highest BCUT2D eigenvalue weighted by Gasteiger charge is 2.28. The van der Waals surface area contributed by atoms with Crippen LogP contribution in [0.1, 0.15) is 37.7 Å². The van der Waals surface area contributed by atoms with E-state index in [1.54, 1.807) is 12.1 Å². The second kappa shape index (κ2) is 10.8. The van der Waals surface area contributed by atoms with Gasteiger partial charge in [0.1, 0.15) is 5.69 Å². The minimum atomic E-state index is -1.76. The van der Waals surface area contributed by atoms with E-state index < -0.39 is 30.9 Å². The predicted molar refractivity (Wildman–Crippen MR) is 115 cm³/mol. The number of carbonyl (C=O) groups excluding carboxylic acids is 2. The minimum Gasteiger partial charge on any atom is -0.426 e. The molecular formula is C22H27BN2O5. The van der Waals surface area contributed by atoms with Crippen LogP contribution in [0.25, 0.3) is 11.3 Å². The summed E-state index contributed by atoms with van der Waals surface area (Å²) in [6.45, 7) is 5.11. The summed E-state index contributed by atoms with van der Waals surface area (Å²) < 4.78 is 0. The van der Waals surface area contributed by atoms with Crippen LogP contribution < -0.4 is 5.32 Å². The molecular weight excluding hydrogens is 383 g/mol. The molecule has 0 aliphatic rings. The molecule has 0 saturated carbocycles. The number of nitrogens with one attached hydrogen (secondary N) is 1. The Kier molecular flexibility index (Phi) is 8.47. The molecule has 4 N–H and O–H groups in total. The van der Waals surface area contributed by atoms with Crippen LogP contribution >= 0.6 is 0 Å². The molecule has 1 heterocycles. The SMILES string of the molecule is CC(C)C[C@H](NC(=O)/C(=C/C(=O)c1cccc(-c2ccccc2)n1)[C@@H](C)O)B(O)O. The molecule has 30 heavy (non-hydrogen) atoms. The van der Waals surface area contributed by atoms with Crippen molar-refractivity contribution in [2.75, 3.05) is 0 Å². The fourth-order valence-corrected chi connectivity index (χ4v) is 2.95. The van der Waals surface area contributed by atoms with Crippen molar-refractivity contribution in [1.82, 2.24) is 10.3 Å². The van der Waals surface area contributed by atoms with Gasteiger partial charge < -0.3 is 20.5 Å². The summed E-state index contributed by atoms with van der Waals surface area (Å²) in [6, 6.07) is 14.4. The number of aliphatic hydroxyl groups excluding tert-OH is 1. The number of hydrogen-bond donors (Lipinski definition) is 4. The Bertz CT molecular complexity index is 897. The molecule has 1 aromatic carbocycles. The molecule has 0 fully saturated rings. The first-order chi connectivity index (χ1) is 14.2. The van der Waals surface area contributed by atoms with Crippen LogP contribution in [-0.2, 0) is 4.79 Å². The third-order valence-corrected chi connectivity index (χ3v) is 4.47. The van der Waals surface area contributed by atoms with Crippen LogP contribution in [0.4, 0.5) is 0 Å². The zero-order chi connectivity index (χ0) is 22.3. The molecule has 7 nitrogen and oxygen atoms in total. The lowest BCUT2D eigenvalue weighted by Crippen LogP contribution is -2.48. The minimum absolute atomic E-state index is 0.0997. The average molecular weight is 410 g/mol. The van der Waals surface area contributed by atoms with E-state index in [4.69, 9.17) is 0 Å². The topological polar surface area (TPSA) is 120 Å². The van der Waals surface area contributed by atoms with Crippen LogP contribution in [0.2, 0.25) is 0 Å². The number of benzene rings is 1. The van der Waals surface area contributed by atoms with E-state index in [-0.39, 0.29) is 17.2 Å². The summed E-state index contributed by atoms with van der Waals surface area (Å²) in [5.74, 6) is -2.10. The molecule has 0 saturated heterocycles. The van der Waals surface area contributed by atoms with Gasteiger partial charge in [-0.1, -0.05) is 50.2 Å². The highest BCUT2D eigenvalue weighted by Crippen LogP contribution is 2.17. The number of amides is 1. The maximum absolute atomic E-state index is 12.7. The van der Waals surface area contributed by atoms with Gasteiger partial charge in [-0.05, 0) is 37.5 Å². The zero-order valence-corrected chi connectivity index (χ0v) is 17.3. The monoisotopic (exact) mass is 410 g/mol. The van der Waals surface area contributed by atoms with E-state index in [9.17, 15) is 24.7 Å². The van der Waals surface area contributed by atoms with Crippen molar-refractivity contribution in [1.29, 1.82) is 0 Å². The van der Waals surface area contributed by atoms with Crippen molar-refractivity contribution in [3.05, 3.63) is 65.9 Å². The van der Waals surface area contributed by atoms with E-state index in [1.165, 1.54) is 13.0 Å². The Morgan fingerprint density at radius 3 is 2.30 bits per heavy atom. The smallest absolute Gasteiger partial charge is 0.426 e. The zero-order valence-electron chi connectivity index (χ0n) is 17.3. The van der Waals surface area contributed by atoms with Gasteiger partial charge in [0.15, 0.2) is 0 Å². The lowest BCUT2D eigenvalue weighted by Gasteiger charge is -2.21. The Balaban J connectivity index is 2.26. The quantitative estimate of drug-likeness (QED) is 0.284. The van der Waals surface area contributed by atoms with Gasteiger partial charge in [0.25, 0.3) is 0 Å². The summed E-state index contributed by atoms with van der Waals surface area (Å²) in [6.07, 6.45) is 0.125. The maximum Gasteiger partial charge on any atom is 0.475 e. The molecule has 0 aliphatic heterocycles. The summed E-state index contributed by atoms with van der Waals surface area (Å²) in [5, 5.41) is 31.5. The van der Waals surface area contributed by atoms with Gasteiger partial charge in [-0.3, -0.25) is 9.59 Å². The summed E-state index contributed by atoms with van der Waals surface area (Å²) >= 11 is 0. The van der Waals surface area contributed by atoms with Crippen LogP contribution in [0, 0.1) is 5.92 Å². The number of aliphatic hydroxyl groups is 1. The van der Waals surface area contributed by atoms with E-state index in [0.29, 0.717) is 12.1 Å². The van der Waals surface area contributed by atoms with E-state index in [1.807, 2.05) is 44.2 Å². The molecule has 8 heteroatoms. The molecule has 0 aliphatic carbocycles. The Labute approximate surface area is 176 Å². The maximum atomic E-state index is 12.7. The van der Waals surface area contributed by atoms with Crippen molar-refractivity contribution in [3.63, 3.8) is 0 Å². The third kappa shape index (κ3) is 6.62. The second-order valence-corrected chi connectivity index (χ2v) is 7.54. The molecule has 0 spiro atoms. The summed E-state index contributed by atoms with van der Waals surface area (Å²) in [4.78, 5) is 29.7. The number of pyridine rings is 1. The van der Waals surface area contributed by atoms with Gasteiger partial charge in [0.05, 0.1) is 17.7 Å². The number of carbonyl (C=O) groups is 2. The van der Waals surface area contributed by atoms with Gasteiger partial charge >= 0.3 is 7.12 Å². The number of allylic oxidation sites excluding steroid dienone is 1. The van der Waals surface area contributed by atoms with Gasteiger partial charge in [-0.2, -0.15) is 0 Å². The summed E-state index contributed by atoms with van der Waals surface area (Å²) in [5.41, 5.74) is 1.40. The number of hydrogen-bond acceptors (Lipinski definition) is 6. The number of nitrogens with zero attached hydrogens (tertiary/aromatic N) is 1. The van der Waals surface area contributed by atoms with Gasteiger partial charge in [-0.15, -0.1) is 0 Å². The first-order valence-electron chi connectivity index (χ1n) is 9.82. The molecule has 2 aromatic rings. The molecule has 158 valence electrons. The highest BCUT2D eigenvalue weighted by atomic mass is 16.4. The lowest BCUT2D eigenvalue weighted by molar-refractivity contribution is -0.118. The molecule has 2 rings (SSSR count). The molecule has 1 aromatic heterocycles. The Morgan fingerprint density at radius 2 is 1.73 bits per heavy atom. The van der Waals surface area contributed by atoms with Gasteiger partial charge in [0.2, 0.25) is 11.7 Å². The normalized spacial score (nSPS) is 13.6. The van der Waals surface area contributed by atoms with E-state index >= 15 is 0 Å². The standard InChI is InChI=1S/C22H27BN2O5/c1-14(2)12-21(23(29)30)25-22(28)17(15(3)26)13-20(27)19-11-7-10-18(24-19)16-8-5-4-6-9-16/h4-11,13-15,21,26,29-30H,12H2,1-3H3,(H,25,28)/b17-13+/t15-,21+/m1/s1. The second-order valence-electron chi connectivity index (χ2n) is 7.54. The largest absolute Gasteiger partial charge is 0.475 e. The number of ketones is 1. The van der Waals surface area contributed by atoms with Gasteiger partial charge in [-0.25, -0.2) is 4.98 Å². The molecule has 1 amide bonds. The fraction of sp³-hybridized carbons (Fsp3) is 0.318. The third-order valence-electron chi connectivity index (χ3n) is 4.47. The van der Waals surface area contributed by atoms with Crippen LogP contribution in [-0.4, -0.2) is 51.0 Å². The Morgan fingerprint density at radius 1 is 1.07 bits per heavy atom. The van der Waals surface area contributed by atoms with E-state index in [2.05, 4.69) is 10.3 Å². The van der Waals surface area contributed by atoms with Crippen molar-refractivity contribution >= 4 is 18.8 Å². The molecule has 0 radical (unpaired) electrons. The summed E-state index contributed by atoms with van der Waals surface area (Å²) in [7, 11) is -1.76. The molecule has 0 unspecified atom stereocenters. The molecule has 0 bridgehead atoms. The lowest BCUT2D eigenvalue weighted by atomic mass is 9.75. The predicted octanol–water partition coefficient (Wildman–Crippen LogP) is 1.78. The molecule has 2 atom stereocenters. The van der Waals surface area contributed by atoms with Crippen LogP contribution in [0.5, 0.6) is 0 Å². The van der Waals surface area contributed by atoms with Gasteiger partial charge in [0, 0.05) is 11.1 Å². The Hall–Kier alpha value is -2.81. The first kappa shape index (κ1) is 23.5. The fourth-order valence-electron chi connectivity index (χ4n) is 2.95. The van der Waals surface area contributed by atoms with Crippen molar-refractivity contribution in [2.45, 2.75) is 39.2 Å². The average Bonchev–Trinajstić information content (AvgIpc) is 2.71. The number of aromatic nitrogens is 1. The van der Waals surface area contributed by atoms with Crippen molar-refractivity contribution in [2.24, 2.45) is 5.92 Å². The highest BCUT2D eigenvalue weighted by molar-refractivity contribution is 6.43. The van der Waals surface area contributed by atoms with Crippen LogP contribution in [0.15, 0.2) is 60.2 Å². The van der Waals surface area contributed by atoms with E-state index in [0.717, 1.165) is 11.6 Å². The van der Waals surface area contributed by atoms with Crippen molar-refractivity contribution in [3.8, 4) is 11.3 Å². The van der Waals surface area contributed by atoms with Crippen LogP contribution in [0.3, 0.4) is 0 Å². The van der Waals surface area contributed by atoms with Crippen molar-refractivity contribution < 1.29 is 24.7 Å². The first-order valence-corrected chi connectivity index (χ1v) is 9.82.